The third-order valence-electron chi connectivity index (χ3n) is 6.00. The highest BCUT2D eigenvalue weighted by atomic mass is 16.4. The van der Waals surface area contributed by atoms with E-state index in [0.29, 0.717) is 5.56 Å². The first kappa shape index (κ1) is 31.8. The zero-order valence-corrected chi connectivity index (χ0v) is 22.5. The Morgan fingerprint density at radius 1 is 0.750 bits per heavy atom. The van der Waals surface area contributed by atoms with Crippen molar-refractivity contribution in [1.82, 2.24) is 16.0 Å². The lowest BCUT2D eigenvalue weighted by Crippen LogP contribution is -2.58. The molecule has 0 heterocycles. The van der Waals surface area contributed by atoms with Crippen LogP contribution >= 0.6 is 0 Å². The molecule has 4 unspecified atom stereocenters. The number of aliphatic carboxylic acids is 1. The van der Waals surface area contributed by atoms with E-state index in [2.05, 4.69) is 16.0 Å². The lowest BCUT2D eigenvalue weighted by Gasteiger charge is -2.26. The second-order valence-corrected chi connectivity index (χ2v) is 9.99. The second kappa shape index (κ2) is 15.2. The first-order valence-electron chi connectivity index (χ1n) is 12.8. The first-order valence-corrected chi connectivity index (χ1v) is 12.8. The van der Waals surface area contributed by atoms with Gasteiger partial charge >= 0.3 is 5.97 Å². The number of aromatic hydroxyl groups is 1. The number of nitrogens with two attached hydrogens (primary N) is 2. The maximum Gasteiger partial charge on any atom is 0.326 e. The normalized spacial score (nSPS) is 13.9. The molecule has 0 aliphatic heterocycles. The Morgan fingerprint density at radius 3 is 1.82 bits per heavy atom. The predicted molar refractivity (Wildman–Crippen MR) is 147 cm³/mol. The van der Waals surface area contributed by atoms with Crippen molar-refractivity contribution in [3.63, 3.8) is 0 Å². The highest BCUT2D eigenvalue weighted by molar-refractivity contribution is 5.95. The quantitative estimate of drug-likeness (QED) is 0.158. The number of primary amides is 1. The minimum absolute atomic E-state index is 0.00672. The molecule has 2 aromatic rings. The Balaban J connectivity index is 2.23. The number of phenolic OH excluding ortho intramolecular Hbond substituents is 1. The predicted octanol–water partition coefficient (Wildman–Crippen LogP) is -0.0348. The SMILES string of the molecule is CC(C)CC(NC(=O)C(N)Cc1ccccc1)C(=O)NC(Cc1ccc(O)cc1)C(=O)NC(CC(N)=O)C(=O)O. The summed E-state index contributed by atoms with van der Waals surface area (Å²) in [5, 5.41) is 26.5. The molecule has 0 radical (unpaired) electrons. The molecule has 0 spiro atoms. The highest BCUT2D eigenvalue weighted by Crippen LogP contribution is 2.13. The van der Waals surface area contributed by atoms with Crippen LogP contribution in [-0.4, -0.2) is 64.0 Å². The molecule has 0 aromatic heterocycles. The first-order chi connectivity index (χ1) is 18.8. The van der Waals surface area contributed by atoms with Crippen LogP contribution < -0.4 is 27.4 Å². The van der Waals surface area contributed by atoms with Gasteiger partial charge in [0.1, 0.15) is 23.9 Å². The summed E-state index contributed by atoms with van der Waals surface area (Å²) in [4.78, 5) is 62.2. The number of carboxylic acids is 1. The molecule has 12 nitrogen and oxygen atoms in total. The molecule has 0 aliphatic carbocycles. The van der Waals surface area contributed by atoms with Gasteiger partial charge in [0.2, 0.25) is 23.6 Å². The molecule has 40 heavy (non-hydrogen) atoms. The summed E-state index contributed by atoms with van der Waals surface area (Å²) in [6, 6.07) is 10.2. The van der Waals surface area contributed by atoms with Gasteiger partial charge in [0.25, 0.3) is 0 Å². The summed E-state index contributed by atoms with van der Waals surface area (Å²) in [5.41, 5.74) is 12.6. The van der Waals surface area contributed by atoms with E-state index >= 15 is 0 Å². The number of hydrogen-bond acceptors (Lipinski definition) is 7. The zero-order valence-electron chi connectivity index (χ0n) is 22.5. The molecule has 0 saturated carbocycles. The molecule has 0 fully saturated rings. The number of benzene rings is 2. The minimum atomic E-state index is -1.61. The molecule has 2 rings (SSSR count). The van der Waals surface area contributed by atoms with Crippen molar-refractivity contribution in [2.24, 2.45) is 17.4 Å². The smallest absolute Gasteiger partial charge is 0.326 e. The van der Waals surface area contributed by atoms with E-state index in [1.807, 2.05) is 44.2 Å². The van der Waals surface area contributed by atoms with Gasteiger partial charge in [-0.25, -0.2) is 4.79 Å². The van der Waals surface area contributed by atoms with E-state index in [9.17, 15) is 34.2 Å². The van der Waals surface area contributed by atoms with E-state index in [4.69, 9.17) is 11.5 Å². The van der Waals surface area contributed by atoms with E-state index in [1.165, 1.54) is 24.3 Å². The van der Waals surface area contributed by atoms with E-state index in [0.717, 1.165) is 5.56 Å². The van der Waals surface area contributed by atoms with Gasteiger partial charge in [-0.2, -0.15) is 0 Å². The summed E-state index contributed by atoms with van der Waals surface area (Å²) in [7, 11) is 0. The number of amides is 4. The third-order valence-corrected chi connectivity index (χ3v) is 6.00. The van der Waals surface area contributed by atoms with Gasteiger partial charge in [0.05, 0.1) is 12.5 Å². The van der Waals surface area contributed by atoms with E-state index < -0.39 is 60.2 Å². The van der Waals surface area contributed by atoms with Gasteiger partial charge in [-0.05, 0) is 42.0 Å². The number of hydrogen-bond donors (Lipinski definition) is 7. The lowest BCUT2D eigenvalue weighted by atomic mass is 9.99. The molecule has 4 atom stereocenters. The Morgan fingerprint density at radius 2 is 1.27 bits per heavy atom. The summed E-state index contributed by atoms with van der Waals surface area (Å²) in [6.45, 7) is 3.72. The molecule has 216 valence electrons. The van der Waals surface area contributed by atoms with Crippen molar-refractivity contribution in [1.29, 1.82) is 0 Å². The minimum Gasteiger partial charge on any atom is -0.508 e. The van der Waals surface area contributed by atoms with Crippen LogP contribution in [-0.2, 0) is 36.8 Å². The van der Waals surface area contributed by atoms with Crippen molar-refractivity contribution in [3.05, 3.63) is 65.7 Å². The fourth-order valence-corrected chi connectivity index (χ4v) is 3.97. The van der Waals surface area contributed by atoms with Crippen molar-refractivity contribution in [3.8, 4) is 5.75 Å². The fraction of sp³-hybridized carbons (Fsp3) is 0.393. The average molecular weight is 556 g/mol. The number of phenols is 1. The van der Waals surface area contributed by atoms with Gasteiger partial charge in [-0.15, -0.1) is 0 Å². The molecule has 9 N–H and O–H groups in total. The lowest BCUT2D eigenvalue weighted by molar-refractivity contribution is -0.143. The van der Waals surface area contributed by atoms with Crippen LogP contribution in [0.3, 0.4) is 0 Å². The molecule has 0 saturated heterocycles. The van der Waals surface area contributed by atoms with Crippen molar-refractivity contribution >= 4 is 29.6 Å². The number of carboxylic acid groups (broad SMARTS) is 1. The van der Waals surface area contributed by atoms with Gasteiger partial charge in [0, 0.05) is 6.42 Å². The molecular formula is C28H37N5O7. The highest BCUT2D eigenvalue weighted by Gasteiger charge is 2.31. The van der Waals surface area contributed by atoms with Crippen LogP contribution in [0.5, 0.6) is 5.75 Å². The molecule has 0 bridgehead atoms. The average Bonchev–Trinajstić information content (AvgIpc) is 2.88. The molecule has 0 aliphatic rings. The Kier molecular flexibility index (Phi) is 12.1. The topological polar surface area (TPSA) is 214 Å². The molecule has 2 aromatic carbocycles. The molecule has 4 amide bonds. The van der Waals surface area contributed by atoms with E-state index in [-0.39, 0.29) is 30.9 Å². The van der Waals surface area contributed by atoms with Crippen LogP contribution in [0.15, 0.2) is 54.6 Å². The number of carbonyl (C=O) groups excluding carboxylic acids is 4. The number of rotatable bonds is 15. The summed E-state index contributed by atoms with van der Waals surface area (Å²) >= 11 is 0. The summed E-state index contributed by atoms with van der Waals surface area (Å²) in [6.07, 6.45) is -0.226. The van der Waals surface area contributed by atoms with Gasteiger partial charge < -0.3 is 37.6 Å². The number of carbonyl (C=O) groups is 5. The Hall–Kier alpha value is -4.45. The third kappa shape index (κ3) is 10.7. The summed E-state index contributed by atoms with van der Waals surface area (Å²) < 4.78 is 0. The van der Waals surface area contributed by atoms with Crippen molar-refractivity contribution in [2.75, 3.05) is 0 Å². The van der Waals surface area contributed by atoms with Crippen molar-refractivity contribution in [2.45, 2.75) is 63.7 Å². The standard InChI is InChI=1S/C28H37N5O7/c1-16(2)12-21(31-25(36)20(29)13-17-6-4-3-5-7-17)26(37)32-22(14-18-8-10-19(34)11-9-18)27(38)33-23(28(39)40)15-24(30)35/h3-11,16,20-23,34H,12-15,29H2,1-2H3,(H2,30,35)(H,31,36)(H,32,37)(H,33,38)(H,39,40). The van der Waals surface area contributed by atoms with Crippen LogP contribution in [0.25, 0.3) is 0 Å². The zero-order chi connectivity index (χ0) is 29.8. The second-order valence-electron chi connectivity index (χ2n) is 9.99. The van der Waals surface area contributed by atoms with Crippen LogP contribution in [0.4, 0.5) is 0 Å². The number of nitrogens with one attached hydrogen (secondary N) is 3. The van der Waals surface area contributed by atoms with Gasteiger partial charge in [0.15, 0.2) is 0 Å². The maximum absolute atomic E-state index is 13.4. The Labute approximate surface area is 232 Å². The van der Waals surface area contributed by atoms with Crippen LogP contribution in [0, 0.1) is 5.92 Å². The fourth-order valence-electron chi connectivity index (χ4n) is 3.97. The maximum atomic E-state index is 13.4. The molecular weight excluding hydrogens is 518 g/mol. The molecule has 12 heteroatoms. The monoisotopic (exact) mass is 555 g/mol. The van der Waals surface area contributed by atoms with Gasteiger partial charge in [-0.3, -0.25) is 19.2 Å². The van der Waals surface area contributed by atoms with Crippen LogP contribution in [0.1, 0.15) is 37.8 Å². The summed E-state index contributed by atoms with van der Waals surface area (Å²) in [5.74, 6) is -4.51. The van der Waals surface area contributed by atoms with E-state index in [1.54, 1.807) is 0 Å². The largest absolute Gasteiger partial charge is 0.508 e. The Bertz CT molecular complexity index is 1170. The van der Waals surface area contributed by atoms with Gasteiger partial charge in [-0.1, -0.05) is 56.3 Å². The van der Waals surface area contributed by atoms with Crippen LogP contribution in [0.2, 0.25) is 0 Å². The van der Waals surface area contributed by atoms with Crippen molar-refractivity contribution < 1.29 is 34.2 Å².